The van der Waals surface area contributed by atoms with Crippen LogP contribution in [0.4, 0.5) is 11.6 Å². The van der Waals surface area contributed by atoms with Crippen LogP contribution in [0.3, 0.4) is 0 Å². The van der Waals surface area contributed by atoms with Crippen LogP contribution in [0.15, 0.2) is 10.8 Å². The van der Waals surface area contributed by atoms with Gasteiger partial charge in [0.25, 0.3) is 0 Å². The molecule has 0 radical (unpaired) electrons. The molecule has 0 bridgehead atoms. The third kappa shape index (κ3) is 2.27. The van der Waals surface area contributed by atoms with E-state index in [1.54, 1.807) is 6.33 Å². The number of aliphatic hydroxyl groups excluding tert-OH is 1. The second kappa shape index (κ2) is 4.97. The highest BCUT2D eigenvalue weighted by atomic mass is 79.9. The fourth-order valence-electron chi connectivity index (χ4n) is 1.83. The normalized spacial score (nSPS) is 17.6. The molecule has 0 unspecified atom stereocenters. The molecule has 2 N–H and O–H groups in total. The van der Waals surface area contributed by atoms with Gasteiger partial charge in [-0.25, -0.2) is 9.97 Å². The lowest BCUT2D eigenvalue weighted by Gasteiger charge is -2.31. The zero-order valence-corrected chi connectivity index (χ0v) is 10.7. The van der Waals surface area contributed by atoms with Crippen molar-refractivity contribution in [3.8, 4) is 0 Å². The Balaban J connectivity index is 2.20. The maximum absolute atomic E-state index is 9.46. The second-order valence-corrected chi connectivity index (χ2v) is 4.62. The number of hydrogen-bond donors (Lipinski definition) is 2. The highest BCUT2D eigenvalue weighted by Crippen LogP contribution is 2.30. The third-order valence-corrected chi connectivity index (χ3v) is 3.50. The van der Waals surface area contributed by atoms with Crippen LogP contribution in [0.5, 0.6) is 0 Å². The summed E-state index contributed by atoms with van der Waals surface area (Å²) in [6.45, 7) is 1.67. The lowest BCUT2D eigenvalue weighted by atomic mass is 10.1. The van der Waals surface area contributed by atoms with Gasteiger partial charge in [0.05, 0.1) is 6.10 Å². The van der Waals surface area contributed by atoms with E-state index in [0.717, 1.165) is 42.0 Å². The van der Waals surface area contributed by atoms with E-state index in [1.165, 1.54) is 0 Å². The number of rotatable bonds is 2. The first-order valence-corrected chi connectivity index (χ1v) is 6.13. The Morgan fingerprint density at radius 1 is 1.44 bits per heavy atom. The summed E-state index contributed by atoms with van der Waals surface area (Å²) in [5.74, 6) is 1.68. The molecular formula is C10H15BrN4O. The first-order chi connectivity index (χ1) is 7.72. The van der Waals surface area contributed by atoms with Gasteiger partial charge in [-0.3, -0.25) is 0 Å². The van der Waals surface area contributed by atoms with Crippen molar-refractivity contribution in [3.05, 3.63) is 10.8 Å². The number of nitrogens with one attached hydrogen (secondary N) is 1. The molecule has 6 heteroatoms. The first kappa shape index (κ1) is 11.6. The Labute approximate surface area is 103 Å². The highest BCUT2D eigenvalue weighted by molar-refractivity contribution is 9.10. The van der Waals surface area contributed by atoms with Gasteiger partial charge in [0, 0.05) is 20.1 Å². The molecule has 0 amide bonds. The zero-order chi connectivity index (χ0) is 11.5. The molecule has 1 aromatic rings. The molecule has 1 aromatic heterocycles. The molecule has 16 heavy (non-hydrogen) atoms. The Morgan fingerprint density at radius 2 is 2.12 bits per heavy atom. The van der Waals surface area contributed by atoms with Gasteiger partial charge in [-0.1, -0.05) is 0 Å². The highest BCUT2D eigenvalue weighted by Gasteiger charge is 2.21. The number of piperidine rings is 1. The first-order valence-electron chi connectivity index (χ1n) is 5.33. The van der Waals surface area contributed by atoms with Gasteiger partial charge in [-0.05, 0) is 28.8 Å². The molecule has 0 atom stereocenters. The van der Waals surface area contributed by atoms with Gasteiger partial charge in [0.15, 0.2) is 0 Å². The van der Waals surface area contributed by atoms with Crippen LogP contribution < -0.4 is 10.2 Å². The summed E-state index contributed by atoms with van der Waals surface area (Å²) in [4.78, 5) is 10.6. The molecule has 1 aliphatic rings. The van der Waals surface area contributed by atoms with Gasteiger partial charge < -0.3 is 15.3 Å². The van der Waals surface area contributed by atoms with Gasteiger partial charge in [0.1, 0.15) is 22.4 Å². The van der Waals surface area contributed by atoms with E-state index >= 15 is 0 Å². The quantitative estimate of drug-likeness (QED) is 0.857. The van der Waals surface area contributed by atoms with Gasteiger partial charge in [0.2, 0.25) is 0 Å². The summed E-state index contributed by atoms with van der Waals surface area (Å²) in [6, 6.07) is 0. The molecule has 1 fully saturated rings. The lowest BCUT2D eigenvalue weighted by molar-refractivity contribution is 0.145. The Kier molecular flexibility index (Phi) is 3.60. The molecule has 5 nitrogen and oxygen atoms in total. The largest absolute Gasteiger partial charge is 0.393 e. The SMILES string of the molecule is CNc1ncnc(N2CCC(O)CC2)c1Br. The maximum Gasteiger partial charge on any atom is 0.148 e. The fourth-order valence-corrected chi connectivity index (χ4v) is 2.49. The summed E-state index contributed by atoms with van der Waals surface area (Å²) in [6.07, 6.45) is 2.98. The minimum Gasteiger partial charge on any atom is -0.393 e. The summed E-state index contributed by atoms with van der Waals surface area (Å²) >= 11 is 3.50. The van der Waals surface area contributed by atoms with E-state index in [2.05, 4.69) is 36.1 Å². The van der Waals surface area contributed by atoms with Crippen LogP contribution in [0, 0.1) is 0 Å². The smallest absolute Gasteiger partial charge is 0.148 e. The second-order valence-electron chi connectivity index (χ2n) is 3.83. The van der Waals surface area contributed by atoms with E-state index in [0.29, 0.717) is 0 Å². The predicted molar refractivity (Wildman–Crippen MR) is 66.7 cm³/mol. The number of anilines is 2. The summed E-state index contributed by atoms with van der Waals surface area (Å²) < 4.78 is 0.883. The lowest BCUT2D eigenvalue weighted by Crippen LogP contribution is -2.36. The van der Waals surface area contributed by atoms with E-state index in [4.69, 9.17) is 0 Å². The molecule has 0 aliphatic carbocycles. The van der Waals surface area contributed by atoms with Crippen molar-refractivity contribution in [1.82, 2.24) is 9.97 Å². The van der Waals surface area contributed by atoms with Crippen LogP contribution in [0.25, 0.3) is 0 Å². The molecule has 2 rings (SSSR count). The van der Waals surface area contributed by atoms with Crippen LogP contribution in [-0.4, -0.2) is 41.3 Å². The number of halogens is 1. The number of hydrogen-bond acceptors (Lipinski definition) is 5. The van der Waals surface area contributed by atoms with E-state index in [9.17, 15) is 5.11 Å². The molecular weight excluding hydrogens is 272 g/mol. The summed E-state index contributed by atoms with van der Waals surface area (Å²) in [7, 11) is 1.83. The fraction of sp³-hybridized carbons (Fsp3) is 0.600. The number of nitrogens with zero attached hydrogens (tertiary/aromatic N) is 3. The number of aliphatic hydroxyl groups is 1. The van der Waals surface area contributed by atoms with E-state index in [-0.39, 0.29) is 6.10 Å². The Hall–Kier alpha value is -0.880. The third-order valence-electron chi connectivity index (χ3n) is 2.77. The van der Waals surface area contributed by atoms with Crippen molar-refractivity contribution in [3.63, 3.8) is 0 Å². The van der Waals surface area contributed by atoms with Crippen molar-refractivity contribution in [2.24, 2.45) is 0 Å². The van der Waals surface area contributed by atoms with Crippen molar-refractivity contribution >= 4 is 27.6 Å². The summed E-state index contributed by atoms with van der Waals surface area (Å²) in [5.41, 5.74) is 0. The summed E-state index contributed by atoms with van der Waals surface area (Å²) in [5, 5.41) is 12.5. The van der Waals surface area contributed by atoms with Gasteiger partial charge in [-0.2, -0.15) is 0 Å². The maximum atomic E-state index is 9.46. The minimum absolute atomic E-state index is 0.166. The van der Waals surface area contributed by atoms with Crippen LogP contribution in [0.1, 0.15) is 12.8 Å². The number of aromatic nitrogens is 2. The van der Waals surface area contributed by atoms with Crippen molar-refractivity contribution in [2.75, 3.05) is 30.4 Å². The standard InChI is InChI=1S/C10H15BrN4O/c1-12-9-8(11)10(14-6-13-9)15-4-2-7(16)3-5-15/h6-7,16H,2-5H2,1H3,(H,12,13,14). The minimum atomic E-state index is -0.166. The molecule has 2 heterocycles. The molecule has 0 spiro atoms. The van der Waals surface area contributed by atoms with Crippen molar-refractivity contribution in [1.29, 1.82) is 0 Å². The average Bonchev–Trinajstić information content (AvgIpc) is 2.31. The topological polar surface area (TPSA) is 61.3 Å². The van der Waals surface area contributed by atoms with Crippen LogP contribution >= 0.6 is 15.9 Å². The van der Waals surface area contributed by atoms with E-state index in [1.807, 2.05) is 7.05 Å². The molecule has 1 saturated heterocycles. The molecule has 88 valence electrons. The van der Waals surface area contributed by atoms with Crippen LogP contribution in [-0.2, 0) is 0 Å². The molecule has 1 aliphatic heterocycles. The van der Waals surface area contributed by atoms with Crippen molar-refractivity contribution < 1.29 is 5.11 Å². The zero-order valence-electron chi connectivity index (χ0n) is 9.15. The molecule has 0 aromatic carbocycles. The van der Waals surface area contributed by atoms with Gasteiger partial charge in [-0.15, -0.1) is 0 Å². The Morgan fingerprint density at radius 3 is 2.75 bits per heavy atom. The average molecular weight is 287 g/mol. The Bertz CT molecular complexity index is 366. The molecule has 0 saturated carbocycles. The van der Waals surface area contributed by atoms with Crippen LogP contribution in [0.2, 0.25) is 0 Å². The predicted octanol–water partition coefficient (Wildman–Crippen LogP) is 1.24. The van der Waals surface area contributed by atoms with Gasteiger partial charge >= 0.3 is 0 Å². The van der Waals surface area contributed by atoms with E-state index < -0.39 is 0 Å². The monoisotopic (exact) mass is 286 g/mol. The van der Waals surface area contributed by atoms with Crippen molar-refractivity contribution in [2.45, 2.75) is 18.9 Å².